The molecule has 0 bridgehead atoms. The summed E-state index contributed by atoms with van der Waals surface area (Å²) < 4.78 is 0. The smallest absolute Gasteiger partial charge is 0.262 e. The number of hydrogen-bond acceptors (Lipinski definition) is 6. The molecule has 4 rings (SSSR count). The van der Waals surface area contributed by atoms with Gasteiger partial charge in [-0.25, -0.2) is 0 Å². The number of piperidine rings is 1. The fourth-order valence-electron chi connectivity index (χ4n) is 4.37. The summed E-state index contributed by atoms with van der Waals surface area (Å²) in [5.41, 5.74) is 1.45. The molecule has 0 spiro atoms. The van der Waals surface area contributed by atoms with Gasteiger partial charge in [-0.1, -0.05) is 25.5 Å². The fraction of sp³-hybridized carbons (Fsp3) is 0.500. The van der Waals surface area contributed by atoms with Crippen LogP contribution in [-0.4, -0.2) is 53.7 Å². The minimum atomic E-state index is -0.936. The maximum absolute atomic E-state index is 13.1. The Bertz CT molecular complexity index is 853. The predicted molar refractivity (Wildman–Crippen MR) is 100 cm³/mol. The number of nitrogens with zero attached hydrogens (tertiary/aromatic N) is 1. The summed E-state index contributed by atoms with van der Waals surface area (Å²) in [6.07, 6.45) is 1.35. The van der Waals surface area contributed by atoms with Crippen LogP contribution < -0.4 is 16.0 Å². The highest BCUT2D eigenvalue weighted by Gasteiger charge is 2.45. The van der Waals surface area contributed by atoms with Crippen molar-refractivity contribution in [2.75, 3.05) is 13.1 Å². The molecule has 0 saturated carbocycles. The first-order chi connectivity index (χ1) is 13.5. The molecule has 1 aromatic carbocycles. The highest BCUT2D eigenvalue weighted by atomic mass is 16.2. The Morgan fingerprint density at radius 3 is 2.71 bits per heavy atom. The Kier molecular flexibility index (Phi) is 4.99. The Hall–Kier alpha value is -2.58. The second-order valence-electron chi connectivity index (χ2n) is 7.60. The second kappa shape index (κ2) is 7.44. The van der Waals surface area contributed by atoms with Crippen molar-refractivity contribution < 1.29 is 19.2 Å². The van der Waals surface area contributed by atoms with E-state index in [-0.39, 0.29) is 18.7 Å². The van der Waals surface area contributed by atoms with Crippen molar-refractivity contribution in [2.24, 2.45) is 5.92 Å². The van der Waals surface area contributed by atoms with E-state index >= 15 is 0 Å². The Morgan fingerprint density at radius 1 is 1.14 bits per heavy atom. The molecule has 8 heteroatoms. The second-order valence-corrected chi connectivity index (χ2v) is 7.60. The molecule has 1 unspecified atom stereocenters. The molecule has 0 aromatic heterocycles. The van der Waals surface area contributed by atoms with Crippen LogP contribution in [0.15, 0.2) is 18.2 Å². The van der Waals surface area contributed by atoms with Crippen LogP contribution in [0.3, 0.4) is 0 Å². The zero-order valence-corrected chi connectivity index (χ0v) is 15.8. The van der Waals surface area contributed by atoms with E-state index in [9.17, 15) is 19.2 Å². The number of rotatable bonds is 5. The molecular weight excluding hydrogens is 360 g/mol. The number of fused-ring (bicyclic) bond motifs is 1. The third-order valence-electron chi connectivity index (χ3n) is 5.97. The fourth-order valence-corrected chi connectivity index (χ4v) is 4.37. The van der Waals surface area contributed by atoms with Crippen molar-refractivity contribution >= 4 is 23.6 Å². The number of benzene rings is 1. The monoisotopic (exact) mass is 384 g/mol. The van der Waals surface area contributed by atoms with Gasteiger partial charge in [-0.2, -0.15) is 0 Å². The summed E-state index contributed by atoms with van der Waals surface area (Å²) >= 11 is 0. The third-order valence-corrected chi connectivity index (χ3v) is 5.97. The van der Waals surface area contributed by atoms with Crippen LogP contribution in [0.4, 0.5) is 0 Å². The summed E-state index contributed by atoms with van der Waals surface area (Å²) in [7, 11) is 0. The van der Waals surface area contributed by atoms with Gasteiger partial charge >= 0.3 is 0 Å². The molecular formula is C20H24N4O4. The topological polar surface area (TPSA) is 108 Å². The lowest BCUT2D eigenvalue weighted by Gasteiger charge is -2.27. The average Bonchev–Trinajstić information content (AvgIpc) is 3.24. The molecule has 8 nitrogen and oxygen atoms in total. The van der Waals surface area contributed by atoms with Crippen molar-refractivity contribution in [3.63, 3.8) is 0 Å². The zero-order valence-electron chi connectivity index (χ0n) is 15.8. The first-order valence-corrected chi connectivity index (χ1v) is 9.78. The number of amides is 4. The standard InChI is InChI=1S/C20H24N4O4/c1-2-11-8-21-10-14(11)22-9-12-4-3-5-13-17(12)20(28)24(19(13)27)15-6-7-16(25)23-18(15)26/h3-5,11,14-15,21-22H,2,6-10H2,1H3,(H,23,25,26)/t11-,14+,15?/m1/s1. The Labute approximate surface area is 163 Å². The van der Waals surface area contributed by atoms with Crippen molar-refractivity contribution in [1.82, 2.24) is 20.9 Å². The van der Waals surface area contributed by atoms with E-state index in [1.54, 1.807) is 12.1 Å². The number of imide groups is 2. The van der Waals surface area contributed by atoms with Crippen molar-refractivity contribution in [2.45, 2.75) is 44.8 Å². The Morgan fingerprint density at radius 2 is 1.96 bits per heavy atom. The normalized spacial score (nSPS) is 27.3. The first kappa shape index (κ1) is 18.8. The van der Waals surface area contributed by atoms with Crippen LogP contribution in [0, 0.1) is 5.92 Å². The van der Waals surface area contributed by atoms with Gasteiger partial charge < -0.3 is 10.6 Å². The summed E-state index contributed by atoms with van der Waals surface area (Å²) in [5.74, 6) is -1.35. The van der Waals surface area contributed by atoms with Crippen molar-refractivity contribution in [3.8, 4) is 0 Å². The SMILES string of the molecule is CC[C@@H]1CNC[C@@H]1NCc1cccc2c1C(=O)N(C1CCC(=O)NC1=O)C2=O. The molecule has 3 aliphatic heterocycles. The van der Waals surface area contributed by atoms with Gasteiger partial charge in [-0.3, -0.25) is 29.4 Å². The van der Waals surface area contributed by atoms with Crippen LogP contribution in [-0.2, 0) is 16.1 Å². The van der Waals surface area contributed by atoms with E-state index in [2.05, 4.69) is 22.9 Å². The summed E-state index contributed by atoms with van der Waals surface area (Å²) in [6, 6.07) is 4.61. The molecule has 148 valence electrons. The number of carbonyl (C=O) groups excluding carboxylic acids is 4. The minimum absolute atomic E-state index is 0.116. The van der Waals surface area contributed by atoms with Crippen molar-refractivity contribution in [1.29, 1.82) is 0 Å². The highest BCUT2D eigenvalue weighted by molar-refractivity contribution is 6.24. The van der Waals surface area contributed by atoms with Crippen LogP contribution >= 0.6 is 0 Å². The maximum atomic E-state index is 13.1. The van der Waals surface area contributed by atoms with Crippen LogP contribution in [0.2, 0.25) is 0 Å². The van der Waals surface area contributed by atoms with Gasteiger partial charge in [0, 0.05) is 25.6 Å². The molecule has 3 aliphatic rings. The van der Waals surface area contributed by atoms with Gasteiger partial charge in [0.2, 0.25) is 11.8 Å². The summed E-state index contributed by atoms with van der Waals surface area (Å²) in [6.45, 7) is 4.49. The third kappa shape index (κ3) is 3.12. The largest absolute Gasteiger partial charge is 0.315 e. The summed E-state index contributed by atoms with van der Waals surface area (Å²) in [4.78, 5) is 50.5. The maximum Gasteiger partial charge on any atom is 0.262 e. The minimum Gasteiger partial charge on any atom is -0.315 e. The molecule has 2 saturated heterocycles. The summed E-state index contributed by atoms with van der Waals surface area (Å²) in [5, 5.41) is 9.10. The average molecular weight is 384 g/mol. The molecule has 28 heavy (non-hydrogen) atoms. The molecule has 3 atom stereocenters. The van der Waals surface area contributed by atoms with Crippen molar-refractivity contribution in [3.05, 3.63) is 34.9 Å². The molecule has 0 aliphatic carbocycles. The van der Waals surface area contributed by atoms with E-state index in [1.807, 2.05) is 6.07 Å². The molecule has 3 N–H and O–H groups in total. The van der Waals surface area contributed by atoms with E-state index < -0.39 is 23.8 Å². The van der Waals surface area contributed by atoms with E-state index in [4.69, 9.17) is 0 Å². The molecule has 1 aromatic rings. The quantitative estimate of drug-likeness (QED) is 0.625. The van der Waals surface area contributed by atoms with Crippen LogP contribution in [0.25, 0.3) is 0 Å². The number of hydrogen-bond donors (Lipinski definition) is 3. The Balaban J connectivity index is 1.56. The van der Waals surface area contributed by atoms with Gasteiger partial charge in [-0.05, 0) is 30.5 Å². The molecule has 4 amide bonds. The number of carbonyl (C=O) groups is 4. The van der Waals surface area contributed by atoms with Gasteiger partial charge in [0.25, 0.3) is 11.8 Å². The molecule has 0 radical (unpaired) electrons. The molecule has 2 fully saturated rings. The number of nitrogens with one attached hydrogen (secondary N) is 3. The van der Waals surface area contributed by atoms with Gasteiger partial charge in [0.05, 0.1) is 11.1 Å². The van der Waals surface area contributed by atoms with E-state index in [1.165, 1.54) is 0 Å². The van der Waals surface area contributed by atoms with Gasteiger partial charge in [-0.15, -0.1) is 0 Å². The lowest BCUT2D eigenvalue weighted by molar-refractivity contribution is -0.136. The lowest BCUT2D eigenvalue weighted by Crippen LogP contribution is -2.54. The predicted octanol–water partition coefficient (Wildman–Crippen LogP) is 0.175. The first-order valence-electron chi connectivity index (χ1n) is 9.78. The van der Waals surface area contributed by atoms with Gasteiger partial charge in [0.1, 0.15) is 6.04 Å². The van der Waals surface area contributed by atoms with Crippen LogP contribution in [0.1, 0.15) is 52.5 Å². The van der Waals surface area contributed by atoms with Crippen LogP contribution in [0.5, 0.6) is 0 Å². The highest BCUT2D eigenvalue weighted by Crippen LogP contribution is 2.30. The zero-order chi connectivity index (χ0) is 19.8. The van der Waals surface area contributed by atoms with E-state index in [0.717, 1.165) is 30.0 Å². The van der Waals surface area contributed by atoms with Gasteiger partial charge in [0.15, 0.2) is 0 Å². The van der Waals surface area contributed by atoms with E-state index in [0.29, 0.717) is 29.6 Å². The molecule has 3 heterocycles. The lowest BCUT2D eigenvalue weighted by atomic mass is 9.99.